The van der Waals surface area contributed by atoms with Gasteiger partial charge in [-0.3, -0.25) is 4.79 Å². The molecule has 0 aromatic carbocycles. The van der Waals surface area contributed by atoms with E-state index >= 15 is 0 Å². The van der Waals surface area contributed by atoms with E-state index in [9.17, 15) is 9.59 Å². The summed E-state index contributed by atoms with van der Waals surface area (Å²) in [5.41, 5.74) is 0.992. The van der Waals surface area contributed by atoms with Crippen LogP contribution in [0.5, 0.6) is 0 Å². The lowest BCUT2D eigenvalue weighted by molar-refractivity contribution is -0.0491. The van der Waals surface area contributed by atoms with Crippen LogP contribution in [0.25, 0.3) is 0 Å². The number of aryl methyl sites for hydroxylation is 1. The van der Waals surface area contributed by atoms with Gasteiger partial charge in [0.25, 0.3) is 5.91 Å². The van der Waals surface area contributed by atoms with E-state index in [0.29, 0.717) is 11.4 Å². The van der Waals surface area contributed by atoms with E-state index in [0.717, 1.165) is 25.8 Å². The minimum absolute atomic E-state index is 0.0639. The molecule has 2 aliphatic rings. The van der Waals surface area contributed by atoms with Crippen molar-refractivity contribution in [2.45, 2.75) is 38.1 Å². The highest BCUT2D eigenvalue weighted by Gasteiger charge is 2.51. The minimum Gasteiger partial charge on any atom is -0.478 e. The van der Waals surface area contributed by atoms with Gasteiger partial charge in [-0.1, -0.05) is 0 Å². The number of aromatic nitrogens is 1. The van der Waals surface area contributed by atoms with Crippen molar-refractivity contribution in [1.82, 2.24) is 9.88 Å². The molecule has 0 atom stereocenters. The lowest BCUT2D eigenvalue weighted by Crippen LogP contribution is -2.65. The van der Waals surface area contributed by atoms with Gasteiger partial charge in [-0.15, -0.1) is 0 Å². The van der Waals surface area contributed by atoms with Gasteiger partial charge in [0, 0.05) is 12.1 Å². The predicted octanol–water partition coefficient (Wildman–Crippen LogP) is 1.86. The molecule has 1 aliphatic carbocycles. The standard InChI is InChI=1S/C14H16N2O3/c1-9-10(13(18)19)3-4-11(15-9)12(17)16-8-7-14(16)5-2-6-14/h3-4H,2,5-8H2,1H3,(H,18,19). The maximum Gasteiger partial charge on any atom is 0.337 e. The molecule has 19 heavy (non-hydrogen) atoms. The van der Waals surface area contributed by atoms with E-state index in [1.807, 2.05) is 4.90 Å². The Hall–Kier alpha value is -1.91. The van der Waals surface area contributed by atoms with E-state index in [2.05, 4.69) is 4.98 Å². The summed E-state index contributed by atoms with van der Waals surface area (Å²) in [5.74, 6) is -1.07. The van der Waals surface area contributed by atoms with Gasteiger partial charge >= 0.3 is 5.97 Å². The molecule has 1 aromatic heterocycles. The van der Waals surface area contributed by atoms with Crippen molar-refractivity contribution in [2.24, 2.45) is 0 Å². The predicted molar refractivity (Wildman–Crippen MR) is 68.2 cm³/mol. The third-order valence-corrected chi connectivity index (χ3v) is 4.44. The van der Waals surface area contributed by atoms with Gasteiger partial charge in [-0.25, -0.2) is 9.78 Å². The van der Waals surface area contributed by atoms with E-state index in [1.54, 1.807) is 6.92 Å². The maximum atomic E-state index is 12.4. The lowest BCUT2D eigenvalue weighted by Gasteiger charge is -2.58. The van der Waals surface area contributed by atoms with Crippen LogP contribution < -0.4 is 0 Å². The summed E-state index contributed by atoms with van der Waals surface area (Å²) >= 11 is 0. The van der Waals surface area contributed by atoms with Crippen molar-refractivity contribution >= 4 is 11.9 Å². The van der Waals surface area contributed by atoms with Crippen LogP contribution in [0.4, 0.5) is 0 Å². The molecule has 1 aliphatic heterocycles. The number of pyridine rings is 1. The van der Waals surface area contributed by atoms with Gasteiger partial charge in [0.1, 0.15) is 5.69 Å². The van der Waals surface area contributed by atoms with Crippen molar-refractivity contribution in [1.29, 1.82) is 0 Å². The van der Waals surface area contributed by atoms with Gasteiger partial charge in [-0.05, 0) is 44.7 Å². The number of nitrogens with zero attached hydrogens (tertiary/aromatic N) is 2. The van der Waals surface area contributed by atoms with Crippen LogP contribution >= 0.6 is 0 Å². The molecule has 0 bridgehead atoms. The molecule has 100 valence electrons. The molecule has 0 radical (unpaired) electrons. The molecule has 3 rings (SSSR count). The van der Waals surface area contributed by atoms with Crippen molar-refractivity contribution in [3.8, 4) is 0 Å². The van der Waals surface area contributed by atoms with Gasteiger partial charge in [-0.2, -0.15) is 0 Å². The van der Waals surface area contributed by atoms with E-state index in [-0.39, 0.29) is 17.0 Å². The van der Waals surface area contributed by atoms with Crippen LogP contribution in [0.1, 0.15) is 52.2 Å². The Kier molecular flexibility index (Phi) is 2.59. The monoisotopic (exact) mass is 260 g/mol. The Balaban J connectivity index is 1.84. The molecule has 2 fully saturated rings. The zero-order valence-electron chi connectivity index (χ0n) is 10.8. The van der Waals surface area contributed by atoms with Gasteiger partial charge < -0.3 is 10.0 Å². The molecule has 1 amide bonds. The Labute approximate surface area is 111 Å². The van der Waals surface area contributed by atoms with E-state index in [1.165, 1.54) is 18.6 Å². The number of aromatic carboxylic acids is 1. The first-order valence-corrected chi connectivity index (χ1v) is 6.56. The molecule has 2 heterocycles. The second-order valence-corrected chi connectivity index (χ2v) is 5.42. The zero-order chi connectivity index (χ0) is 13.6. The summed E-state index contributed by atoms with van der Waals surface area (Å²) in [4.78, 5) is 29.4. The third kappa shape index (κ3) is 1.72. The van der Waals surface area contributed by atoms with E-state index < -0.39 is 5.97 Å². The summed E-state index contributed by atoms with van der Waals surface area (Å²) in [6, 6.07) is 2.98. The Morgan fingerprint density at radius 1 is 1.32 bits per heavy atom. The molecule has 5 heteroatoms. The van der Waals surface area contributed by atoms with Crippen LogP contribution in [0.2, 0.25) is 0 Å². The number of hydrogen-bond donors (Lipinski definition) is 1. The quantitative estimate of drug-likeness (QED) is 0.881. The Morgan fingerprint density at radius 3 is 2.47 bits per heavy atom. The molecule has 1 saturated carbocycles. The van der Waals surface area contributed by atoms with Crippen molar-refractivity contribution < 1.29 is 14.7 Å². The van der Waals surface area contributed by atoms with Crippen LogP contribution in [0.15, 0.2) is 12.1 Å². The van der Waals surface area contributed by atoms with E-state index in [4.69, 9.17) is 5.11 Å². The molecular formula is C14H16N2O3. The zero-order valence-corrected chi connectivity index (χ0v) is 10.8. The molecule has 1 spiro atoms. The molecule has 1 aromatic rings. The molecule has 0 unspecified atom stereocenters. The van der Waals surface area contributed by atoms with Crippen LogP contribution in [0.3, 0.4) is 0 Å². The largest absolute Gasteiger partial charge is 0.478 e. The van der Waals surface area contributed by atoms with Crippen LogP contribution in [0, 0.1) is 6.92 Å². The molecule has 5 nitrogen and oxygen atoms in total. The first-order valence-electron chi connectivity index (χ1n) is 6.56. The third-order valence-electron chi connectivity index (χ3n) is 4.44. The topological polar surface area (TPSA) is 70.5 Å². The van der Waals surface area contributed by atoms with Gasteiger partial charge in [0.15, 0.2) is 0 Å². The van der Waals surface area contributed by atoms with Crippen LogP contribution in [-0.4, -0.2) is 39.0 Å². The summed E-state index contributed by atoms with van der Waals surface area (Å²) in [6.07, 6.45) is 4.45. The normalized spacial score (nSPS) is 19.7. The van der Waals surface area contributed by atoms with Crippen molar-refractivity contribution in [3.63, 3.8) is 0 Å². The maximum absolute atomic E-state index is 12.4. The number of carboxylic acids is 1. The SMILES string of the molecule is Cc1nc(C(=O)N2CCC23CCC3)ccc1C(=O)O. The smallest absolute Gasteiger partial charge is 0.337 e. The highest BCUT2D eigenvalue weighted by atomic mass is 16.4. The van der Waals surface area contributed by atoms with Crippen molar-refractivity contribution in [2.75, 3.05) is 6.54 Å². The number of rotatable bonds is 2. The Bertz CT molecular complexity index is 558. The summed E-state index contributed by atoms with van der Waals surface area (Å²) in [7, 11) is 0. The number of carbonyl (C=O) groups excluding carboxylic acids is 1. The number of likely N-dealkylation sites (tertiary alicyclic amines) is 1. The summed E-state index contributed by atoms with van der Waals surface area (Å²) < 4.78 is 0. The number of hydrogen-bond acceptors (Lipinski definition) is 3. The average molecular weight is 260 g/mol. The fraction of sp³-hybridized carbons (Fsp3) is 0.500. The van der Waals surface area contributed by atoms with Crippen molar-refractivity contribution in [3.05, 3.63) is 29.1 Å². The molecule has 1 saturated heterocycles. The van der Waals surface area contributed by atoms with Crippen LogP contribution in [-0.2, 0) is 0 Å². The van der Waals surface area contributed by atoms with Gasteiger partial charge in [0.05, 0.1) is 11.3 Å². The fourth-order valence-electron chi connectivity index (χ4n) is 3.01. The number of carbonyl (C=O) groups is 2. The summed E-state index contributed by atoms with van der Waals surface area (Å²) in [6.45, 7) is 2.41. The first-order chi connectivity index (χ1) is 9.03. The lowest BCUT2D eigenvalue weighted by atomic mass is 9.67. The second kappa shape index (κ2) is 4.05. The number of carboxylic acid groups (broad SMARTS) is 1. The molecular weight excluding hydrogens is 244 g/mol. The summed E-state index contributed by atoms with van der Waals surface area (Å²) in [5, 5.41) is 8.96. The Morgan fingerprint density at radius 2 is 2.05 bits per heavy atom. The molecule has 1 N–H and O–H groups in total. The average Bonchev–Trinajstić information content (AvgIpc) is 2.24. The second-order valence-electron chi connectivity index (χ2n) is 5.42. The highest BCUT2D eigenvalue weighted by Crippen LogP contribution is 2.47. The number of amides is 1. The highest BCUT2D eigenvalue weighted by molar-refractivity contribution is 5.95. The van der Waals surface area contributed by atoms with Gasteiger partial charge in [0.2, 0.25) is 0 Å². The fourth-order valence-corrected chi connectivity index (χ4v) is 3.01. The first kappa shape index (κ1) is 12.1. The minimum atomic E-state index is -1.01.